The van der Waals surface area contributed by atoms with Crippen LogP contribution in [0, 0.1) is 0 Å². The molecule has 0 radical (unpaired) electrons. The van der Waals surface area contributed by atoms with E-state index in [-0.39, 0.29) is 0 Å². The summed E-state index contributed by atoms with van der Waals surface area (Å²) in [5, 5.41) is 4.60. The van der Waals surface area contributed by atoms with Gasteiger partial charge in [0.15, 0.2) is 0 Å². The molecule has 1 heterocycles. The zero-order valence-electron chi connectivity index (χ0n) is 11.4. The maximum absolute atomic E-state index is 6.15. The van der Waals surface area contributed by atoms with E-state index in [1.165, 1.54) is 0 Å². The summed E-state index contributed by atoms with van der Waals surface area (Å²) in [6, 6.07) is 5.47. The highest BCUT2D eigenvalue weighted by Crippen LogP contribution is 2.22. The van der Waals surface area contributed by atoms with Gasteiger partial charge < -0.3 is 5.32 Å². The summed E-state index contributed by atoms with van der Waals surface area (Å²) in [5.41, 5.74) is 2.07. The smallest absolute Gasteiger partial charge is 0.132 e. The van der Waals surface area contributed by atoms with Crippen LogP contribution in [0.3, 0.4) is 0 Å². The summed E-state index contributed by atoms with van der Waals surface area (Å²) < 4.78 is 0. The van der Waals surface area contributed by atoms with Gasteiger partial charge in [-0.25, -0.2) is 9.97 Å². The van der Waals surface area contributed by atoms with Gasteiger partial charge in [0.1, 0.15) is 5.82 Å². The minimum absolute atomic E-state index is 0.610. The van der Waals surface area contributed by atoms with Gasteiger partial charge in [-0.15, -0.1) is 0 Å². The number of hydrogen-bond acceptors (Lipinski definition) is 3. The second-order valence-electron chi connectivity index (χ2n) is 4.60. The fourth-order valence-corrected chi connectivity index (χ4v) is 2.28. The van der Waals surface area contributed by atoms with Crippen molar-refractivity contribution in [2.24, 2.45) is 0 Å². The molecule has 0 bridgehead atoms. The number of hydrogen-bond donors (Lipinski definition) is 1. The molecule has 20 heavy (non-hydrogen) atoms. The molecule has 1 aromatic heterocycles. The summed E-state index contributed by atoms with van der Waals surface area (Å²) >= 11 is 12.0. The third-order valence-corrected chi connectivity index (χ3v) is 3.47. The number of rotatable bonds is 6. The molecule has 0 saturated carbocycles. The van der Waals surface area contributed by atoms with Crippen LogP contribution in [0.15, 0.2) is 30.6 Å². The minimum Gasteiger partial charge on any atom is -0.313 e. The third-order valence-electron chi connectivity index (χ3n) is 2.88. The van der Waals surface area contributed by atoms with E-state index in [0.717, 1.165) is 36.5 Å². The average molecular weight is 310 g/mol. The standard InChI is InChI=1S/C15H17Cl2N3/c1-2-5-18-8-11-9-19-15(20-10-11)6-12-3-4-13(16)7-14(12)17/h3-4,7,9-10,18H,2,5-6,8H2,1H3. The Labute approximate surface area is 129 Å². The van der Waals surface area contributed by atoms with Gasteiger partial charge in [0, 0.05) is 41.0 Å². The minimum atomic E-state index is 0.610. The molecular weight excluding hydrogens is 293 g/mol. The Kier molecular flexibility index (Phi) is 5.77. The maximum atomic E-state index is 6.15. The number of aromatic nitrogens is 2. The van der Waals surface area contributed by atoms with Crippen LogP contribution in [0.2, 0.25) is 10.0 Å². The quantitative estimate of drug-likeness (QED) is 0.823. The van der Waals surface area contributed by atoms with Gasteiger partial charge in [-0.2, -0.15) is 0 Å². The van der Waals surface area contributed by atoms with Crippen LogP contribution in [-0.4, -0.2) is 16.5 Å². The fraction of sp³-hybridized carbons (Fsp3) is 0.333. The lowest BCUT2D eigenvalue weighted by Crippen LogP contribution is -2.14. The first-order valence-corrected chi connectivity index (χ1v) is 7.39. The topological polar surface area (TPSA) is 37.8 Å². The Morgan fingerprint density at radius 3 is 2.55 bits per heavy atom. The molecule has 0 spiro atoms. The lowest BCUT2D eigenvalue weighted by molar-refractivity contribution is 0.670. The van der Waals surface area contributed by atoms with Crippen molar-refractivity contribution < 1.29 is 0 Å². The van der Waals surface area contributed by atoms with Crippen LogP contribution in [-0.2, 0) is 13.0 Å². The van der Waals surface area contributed by atoms with E-state index in [9.17, 15) is 0 Å². The molecule has 1 aromatic carbocycles. The number of nitrogens with one attached hydrogen (secondary N) is 1. The Balaban J connectivity index is 1.99. The highest BCUT2D eigenvalue weighted by molar-refractivity contribution is 6.35. The molecule has 3 nitrogen and oxygen atoms in total. The van der Waals surface area contributed by atoms with E-state index in [1.807, 2.05) is 24.5 Å². The second-order valence-corrected chi connectivity index (χ2v) is 5.44. The number of halogens is 2. The fourth-order valence-electron chi connectivity index (χ4n) is 1.81. The van der Waals surface area contributed by atoms with Crippen molar-refractivity contribution in [1.29, 1.82) is 0 Å². The van der Waals surface area contributed by atoms with Gasteiger partial charge >= 0.3 is 0 Å². The van der Waals surface area contributed by atoms with Crippen molar-refractivity contribution in [3.63, 3.8) is 0 Å². The molecule has 0 unspecified atom stereocenters. The SMILES string of the molecule is CCCNCc1cnc(Cc2ccc(Cl)cc2Cl)nc1. The molecule has 0 aliphatic carbocycles. The van der Waals surface area contributed by atoms with Crippen LogP contribution < -0.4 is 5.32 Å². The Morgan fingerprint density at radius 1 is 1.15 bits per heavy atom. The predicted molar refractivity (Wildman–Crippen MR) is 83.3 cm³/mol. The van der Waals surface area contributed by atoms with Crippen LogP contribution in [0.5, 0.6) is 0 Å². The Hall–Kier alpha value is -1.16. The van der Waals surface area contributed by atoms with Gasteiger partial charge in [-0.1, -0.05) is 36.2 Å². The predicted octanol–water partition coefficient (Wildman–Crippen LogP) is 3.87. The van der Waals surface area contributed by atoms with E-state index in [2.05, 4.69) is 22.2 Å². The van der Waals surface area contributed by atoms with Crippen molar-refractivity contribution in [2.75, 3.05) is 6.54 Å². The summed E-state index contributed by atoms with van der Waals surface area (Å²) in [6.45, 7) is 3.94. The molecule has 2 rings (SSSR count). The van der Waals surface area contributed by atoms with E-state index in [0.29, 0.717) is 16.5 Å². The van der Waals surface area contributed by atoms with Crippen molar-refractivity contribution in [3.8, 4) is 0 Å². The Morgan fingerprint density at radius 2 is 1.90 bits per heavy atom. The van der Waals surface area contributed by atoms with Crippen LogP contribution in [0.25, 0.3) is 0 Å². The lowest BCUT2D eigenvalue weighted by atomic mass is 10.1. The zero-order valence-corrected chi connectivity index (χ0v) is 12.9. The first-order valence-electron chi connectivity index (χ1n) is 6.63. The monoisotopic (exact) mass is 309 g/mol. The molecule has 5 heteroatoms. The molecule has 0 fully saturated rings. The van der Waals surface area contributed by atoms with Gasteiger partial charge in [-0.3, -0.25) is 0 Å². The lowest BCUT2D eigenvalue weighted by Gasteiger charge is -2.06. The normalized spacial score (nSPS) is 10.8. The van der Waals surface area contributed by atoms with Crippen molar-refractivity contribution in [2.45, 2.75) is 26.3 Å². The first kappa shape index (κ1) is 15.2. The molecule has 0 amide bonds. The molecule has 2 aromatic rings. The molecule has 106 valence electrons. The van der Waals surface area contributed by atoms with Gasteiger partial charge in [-0.05, 0) is 30.7 Å². The Bertz CT molecular complexity index is 556. The molecule has 0 aliphatic rings. The van der Waals surface area contributed by atoms with Crippen LogP contribution in [0.1, 0.15) is 30.3 Å². The van der Waals surface area contributed by atoms with E-state index >= 15 is 0 Å². The highest BCUT2D eigenvalue weighted by Gasteiger charge is 2.05. The van der Waals surface area contributed by atoms with E-state index < -0.39 is 0 Å². The third kappa shape index (κ3) is 4.44. The second kappa shape index (κ2) is 7.58. The van der Waals surface area contributed by atoms with Gasteiger partial charge in [0.25, 0.3) is 0 Å². The van der Waals surface area contributed by atoms with Crippen molar-refractivity contribution >= 4 is 23.2 Å². The maximum Gasteiger partial charge on any atom is 0.132 e. The largest absolute Gasteiger partial charge is 0.313 e. The molecule has 1 N–H and O–H groups in total. The summed E-state index contributed by atoms with van der Waals surface area (Å²) in [4.78, 5) is 8.75. The highest BCUT2D eigenvalue weighted by atomic mass is 35.5. The summed E-state index contributed by atoms with van der Waals surface area (Å²) in [5.74, 6) is 0.758. The van der Waals surface area contributed by atoms with Crippen LogP contribution in [0.4, 0.5) is 0 Å². The van der Waals surface area contributed by atoms with Crippen LogP contribution >= 0.6 is 23.2 Å². The van der Waals surface area contributed by atoms with E-state index in [1.54, 1.807) is 6.07 Å². The average Bonchev–Trinajstić information content (AvgIpc) is 2.44. The van der Waals surface area contributed by atoms with Crippen molar-refractivity contribution in [1.82, 2.24) is 15.3 Å². The molecule has 0 atom stereocenters. The number of benzene rings is 1. The summed E-state index contributed by atoms with van der Waals surface area (Å²) in [6.07, 6.45) is 5.44. The molecule has 0 aliphatic heterocycles. The first-order chi connectivity index (χ1) is 9.69. The summed E-state index contributed by atoms with van der Waals surface area (Å²) in [7, 11) is 0. The van der Waals surface area contributed by atoms with E-state index in [4.69, 9.17) is 23.2 Å². The van der Waals surface area contributed by atoms with Gasteiger partial charge in [0.05, 0.1) is 0 Å². The van der Waals surface area contributed by atoms with Crippen molar-refractivity contribution in [3.05, 3.63) is 57.6 Å². The zero-order chi connectivity index (χ0) is 14.4. The number of nitrogens with zero attached hydrogens (tertiary/aromatic N) is 2. The molecular formula is C15H17Cl2N3. The molecule has 0 saturated heterocycles. The van der Waals surface area contributed by atoms with Gasteiger partial charge in [0.2, 0.25) is 0 Å².